The zero-order valence-corrected chi connectivity index (χ0v) is 10.7. The molecule has 2 heterocycles. The molecule has 0 aliphatic rings. The summed E-state index contributed by atoms with van der Waals surface area (Å²) in [6.45, 7) is 2.05. The van der Waals surface area contributed by atoms with Crippen LogP contribution in [0, 0.1) is 0 Å². The standard InChI is InChI=1S/C11H14N6O2/c1-3-19-11(18)7-4-8(12)9(13-6-7)5-10-14-16-17(2)15-10/h4,6H,3,5,12H2,1-2H3. The maximum atomic E-state index is 11.5. The minimum atomic E-state index is -0.439. The van der Waals surface area contributed by atoms with Crippen LogP contribution in [-0.2, 0) is 18.2 Å². The first-order chi connectivity index (χ1) is 9.10. The molecule has 0 spiro atoms. The van der Waals surface area contributed by atoms with Gasteiger partial charge in [-0.25, -0.2) is 4.79 Å². The Hall–Kier alpha value is -2.51. The molecule has 0 aliphatic heterocycles. The van der Waals surface area contributed by atoms with Gasteiger partial charge in [-0.2, -0.15) is 4.80 Å². The third-order valence-electron chi connectivity index (χ3n) is 2.39. The van der Waals surface area contributed by atoms with Crippen LogP contribution in [0.4, 0.5) is 5.69 Å². The van der Waals surface area contributed by atoms with Crippen LogP contribution in [0.3, 0.4) is 0 Å². The minimum Gasteiger partial charge on any atom is -0.462 e. The van der Waals surface area contributed by atoms with E-state index in [9.17, 15) is 4.79 Å². The van der Waals surface area contributed by atoms with Crippen LogP contribution < -0.4 is 5.73 Å². The van der Waals surface area contributed by atoms with Gasteiger partial charge in [0.25, 0.3) is 0 Å². The average Bonchev–Trinajstić information content (AvgIpc) is 2.78. The summed E-state index contributed by atoms with van der Waals surface area (Å²) in [6.07, 6.45) is 1.79. The summed E-state index contributed by atoms with van der Waals surface area (Å²) >= 11 is 0. The van der Waals surface area contributed by atoms with E-state index in [1.54, 1.807) is 14.0 Å². The Bertz CT molecular complexity index is 595. The quantitative estimate of drug-likeness (QED) is 0.769. The molecule has 0 amide bonds. The van der Waals surface area contributed by atoms with Crippen molar-refractivity contribution < 1.29 is 9.53 Å². The number of hydrogen-bond acceptors (Lipinski definition) is 7. The Labute approximate surface area is 109 Å². The molecule has 0 saturated heterocycles. The van der Waals surface area contributed by atoms with E-state index in [1.165, 1.54) is 17.1 Å². The molecule has 100 valence electrons. The van der Waals surface area contributed by atoms with Gasteiger partial charge in [-0.1, -0.05) is 0 Å². The monoisotopic (exact) mass is 262 g/mol. The Morgan fingerprint density at radius 2 is 2.32 bits per heavy atom. The number of nitrogens with zero attached hydrogens (tertiary/aromatic N) is 5. The summed E-state index contributed by atoms with van der Waals surface area (Å²) in [6, 6.07) is 1.54. The second-order valence-electron chi connectivity index (χ2n) is 3.85. The Kier molecular flexibility index (Phi) is 3.69. The van der Waals surface area contributed by atoms with Crippen LogP contribution in [-0.4, -0.2) is 37.8 Å². The number of aryl methyl sites for hydroxylation is 1. The van der Waals surface area contributed by atoms with Crippen LogP contribution in [0.1, 0.15) is 28.8 Å². The normalized spacial score (nSPS) is 10.4. The van der Waals surface area contributed by atoms with Gasteiger partial charge >= 0.3 is 5.97 Å². The summed E-state index contributed by atoms with van der Waals surface area (Å²) in [7, 11) is 1.68. The van der Waals surface area contributed by atoms with Crippen LogP contribution in [0.15, 0.2) is 12.3 Å². The predicted octanol–water partition coefficient (Wildman–Crippen LogP) is -0.0452. The number of tetrazole rings is 1. The number of hydrogen-bond donors (Lipinski definition) is 1. The Balaban J connectivity index is 2.17. The molecule has 0 aliphatic carbocycles. The minimum absolute atomic E-state index is 0.310. The van der Waals surface area contributed by atoms with Gasteiger partial charge in [-0.05, 0) is 18.2 Å². The maximum Gasteiger partial charge on any atom is 0.339 e. The van der Waals surface area contributed by atoms with Gasteiger partial charge in [0.1, 0.15) is 0 Å². The van der Waals surface area contributed by atoms with Crippen molar-refractivity contribution in [2.45, 2.75) is 13.3 Å². The van der Waals surface area contributed by atoms with E-state index in [2.05, 4.69) is 20.4 Å². The molecule has 2 N–H and O–H groups in total. The molecule has 8 nitrogen and oxygen atoms in total. The topological polar surface area (TPSA) is 109 Å². The van der Waals surface area contributed by atoms with E-state index in [1.807, 2.05) is 0 Å². The first kappa shape index (κ1) is 12.9. The smallest absolute Gasteiger partial charge is 0.339 e. The first-order valence-electron chi connectivity index (χ1n) is 5.74. The average molecular weight is 262 g/mol. The molecule has 2 aromatic rings. The molecule has 2 rings (SSSR count). The molecule has 0 fully saturated rings. The van der Waals surface area contributed by atoms with Gasteiger partial charge in [-0.15, -0.1) is 10.2 Å². The third-order valence-corrected chi connectivity index (χ3v) is 2.39. The lowest BCUT2D eigenvalue weighted by molar-refractivity contribution is 0.0526. The highest BCUT2D eigenvalue weighted by molar-refractivity contribution is 5.90. The molecular weight excluding hydrogens is 248 g/mol. The number of pyridine rings is 1. The van der Waals surface area contributed by atoms with E-state index in [4.69, 9.17) is 10.5 Å². The van der Waals surface area contributed by atoms with Crippen molar-refractivity contribution in [2.24, 2.45) is 7.05 Å². The molecule has 0 radical (unpaired) electrons. The largest absolute Gasteiger partial charge is 0.462 e. The number of nitrogens with two attached hydrogens (primary N) is 1. The highest BCUT2D eigenvalue weighted by Crippen LogP contribution is 2.14. The van der Waals surface area contributed by atoms with Gasteiger partial charge in [0.15, 0.2) is 5.82 Å². The number of esters is 1. The predicted molar refractivity (Wildman–Crippen MR) is 66.2 cm³/mol. The summed E-state index contributed by atoms with van der Waals surface area (Å²) in [5, 5.41) is 11.6. The van der Waals surface area contributed by atoms with Crippen molar-refractivity contribution in [1.29, 1.82) is 0 Å². The van der Waals surface area contributed by atoms with Gasteiger partial charge in [0.05, 0.1) is 37.0 Å². The fourth-order valence-electron chi connectivity index (χ4n) is 1.53. The van der Waals surface area contributed by atoms with Crippen LogP contribution in [0.5, 0.6) is 0 Å². The van der Waals surface area contributed by atoms with E-state index < -0.39 is 5.97 Å². The number of carbonyl (C=O) groups excluding carboxylic acids is 1. The fourth-order valence-corrected chi connectivity index (χ4v) is 1.53. The van der Waals surface area contributed by atoms with Crippen molar-refractivity contribution in [3.05, 3.63) is 29.3 Å². The highest BCUT2D eigenvalue weighted by Gasteiger charge is 2.12. The number of ether oxygens (including phenoxy) is 1. The number of carbonyl (C=O) groups is 1. The summed E-state index contributed by atoms with van der Waals surface area (Å²) in [5.74, 6) is 0.0801. The zero-order chi connectivity index (χ0) is 13.8. The van der Waals surface area contributed by atoms with Gasteiger partial charge in [0.2, 0.25) is 0 Å². The summed E-state index contributed by atoms with van der Waals surface area (Å²) < 4.78 is 4.87. The summed E-state index contributed by atoms with van der Waals surface area (Å²) in [4.78, 5) is 17.0. The number of anilines is 1. The first-order valence-corrected chi connectivity index (χ1v) is 5.74. The number of rotatable bonds is 4. The Morgan fingerprint density at radius 1 is 1.53 bits per heavy atom. The summed E-state index contributed by atoms with van der Waals surface area (Å²) in [5.41, 5.74) is 7.18. The molecule has 19 heavy (non-hydrogen) atoms. The van der Waals surface area contributed by atoms with E-state index in [-0.39, 0.29) is 0 Å². The number of aromatic nitrogens is 5. The van der Waals surface area contributed by atoms with E-state index in [0.717, 1.165) is 0 Å². The maximum absolute atomic E-state index is 11.5. The van der Waals surface area contributed by atoms with Crippen molar-refractivity contribution in [1.82, 2.24) is 25.2 Å². The molecule has 0 aromatic carbocycles. The molecule has 0 saturated carbocycles. The molecular formula is C11H14N6O2. The lowest BCUT2D eigenvalue weighted by atomic mass is 10.2. The molecule has 8 heteroatoms. The van der Waals surface area contributed by atoms with E-state index >= 15 is 0 Å². The Morgan fingerprint density at radius 3 is 2.89 bits per heavy atom. The van der Waals surface area contributed by atoms with Crippen molar-refractivity contribution in [3.8, 4) is 0 Å². The SMILES string of the molecule is CCOC(=O)c1cnc(Cc2nnn(C)n2)c(N)c1. The second kappa shape index (κ2) is 5.42. The molecule has 0 unspecified atom stereocenters. The second-order valence-corrected chi connectivity index (χ2v) is 3.85. The van der Waals surface area contributed by atoms with Gasteiger partial charge < -0.3 is 10.5 Å². The molecule has 0 atom stereocenters. The van der Waals surface area contributed by atoms with Crippen molar-refractivity contribution >= 4 is 11.7 Å². The van der Waals surface area contributed by atoms with Crippen LogP contribution in [0.25, 0.3) is 0 Å². The number of nitrogen functional groups attached to an aromatic ring is 1. The third kappa shape index (κ3) is 3.03. The highest BCUT2D eigenvalue weighted by atomic mass is 16.5. The molecule has 2 aromatic heterocycles. The van der Waals surface area contributed by atoms with Crippen LogP contribution >= 0.6 is 0 Å². The fraction of sp³-hybridized carbons (Fsp3) is 0.364. The lowest BCUT2D eigenvalue weighted by Gasteiger charge is -2.05. The lowest BCUT2D eigenvalue weighted by Crippen LogP contribution is -2.08. The van der Waals surface area contributed by atoms with Crippen molar-refractivity contribution in [3.63, 3.8) is 0 Å². The van der Waals surface area contributed by atoms with E-state index in [0.29, 0.717) is 35.8 Å². The van der Waals surface area contributed by atoms with Gasteiger partial charge in [-0.3, -0.25) is 4.98 Å². The van der Waals surface area contributed by atoms with Gasteiger partial charge in [0, 0.05) is 6.20 Å². The van der Waals surface area contributed by atoms with Crippen LogP contribution in [0.2, 0.25) is 0 Å². The van der Waals surface area contributed by atoms with Crippen molar-refractivity contribution in [2.75, 3.05) is 12.3 Å². The molecule has 0 bridgehead atoms. The zero-order valence-electron chi connectivity index (χ0n) is 10.7.